The largest absolute Gasteiger partial charge is 0.349 e. The van der Waals surface area contributed by atoms with Crippen LogP contribution in [0.5, 0.6) is 0 Å². The molecule has 1 atom stereocenters. The molecule has 0 aliphatic carbocycles. The van der Waals surface area contributed by atoms with Crippen molar-refractivity contribution in [1.82, 2.24) is 15.2 Å². The van der Waals surface area contributed by atoms with Gasteiger partial charge in [-0.3, -0.25) is 9.69 Å². The number of hydrogen-bond donors (Lipinski definition) is 2. The van der Waals surface area contributed by atoms with Crippen molar-refractivity contribution in [2.45, 2.75) is 45.7 Å². The minimum absolute atomic E-state index is 0. The Balaban J connectivity index is 0.00000242. The third kappa shape index (κ3) is 6.19. The third-order valence-electron chi connectivity index (χ3n) is 4.15. The first-order valence-electron chi connectivity index (χ1n) is 7.60. The fourth-order valence-corrected chi connectivity index (χ4v) is 3.40. The first-order chi connectivity index (χ1) is 9.92. The monoisotopic (exact) mass is 382 g/mol. The summed E-state index contributed by atoms with van der Waals surface area (Å²) in [5.74, 6) is 0.628. The van der Waals surface area contributed by atoms with Crippen molar-refractivity contribution in [3.05, 3.63) is 16.1 Å². The Morgan fingerprint density at radius 1 is 1.52 bits per heavy atom. The first-order valence-corrected chi connectivity index (χ1v) is 8.48. The van der Waals surface area contributed by atoms with Crippen LogP contribution in [-0.4, -0.2) is 41.0 Å². The maximum Gasteiger partial charge on any atom is 0.270 e. The zero-order chi connectivity index (χ0) is 15.5. The quantitative estimate of drug-likeness (QED) is 0.820. The lowest BCUT2D eigenvalue weighted by Crippen LogP contribution is -2.54. The van der Waals surface area contributed by atoms with Crippen LogP contribution in [0.1, 0.15) is 49.1 Å². The molecule has 1 fully saturated rings. The summed E-state index contributed by atoms with van der Waals surface area (Å²) in [6.45, 7) is 9.92. The van der Waals surface area contributed by atoms with Gasteiger partial charge >= 0.3 is 0 Å². The van der Waals surface area contributed by atoms with Gasteiger partial charge < -0.3 is 11.1 Å². The molecule has 1 aliphatic rings. The third-order valence-corrected chi connectivity index (χ3v) is 5.02. The number of halogens is 2. The Morgan fingerprint density at radius 3 is 2.78 bits per heavy atom. The van der Waals surface area contributed by atoms with E-state index < -0.39 is 0 Å². The SMILES string of the molecule is CC1CCCN(C(C)(C)CNC(=O)c2csc(CN)n2)C1.Cl.Cl. The molecule has 0 radical (unpaired) electrons. The minimum atomic E-state index is -0.107. The Bertz CT molecular complexity index is 496. The maximum absolute atomic E-state index is 12.1. The molecule has 1 unspecified atom stereocenters. The number of thiazole rings is 1. The van der Waals surface area contributed by atoms with E-state index in [1.54, 1.807) is 5.38 Å². The van der Waals surface area contributed by atoms with Gasteiger partial charge in [-0.05, 0) is 39.2 Å². The maximum atomic E-state index is 12.1. The van der Waals surface area contributed by atoms with Gasteiger partial charge in [0.15, 0.2) is 0 Å². The van der Waals surface area contributed by atoms with Crippen molar-refractivity contribution in [2.24, 2.45) is 11.7 Å². The van der Waals surface area contributed by atoms with Crippen LogP contribution in [0.2, 0.25) is 0 Å². The average molecular weight is 383 g/mol. The highest BCUT2D eigenvalue weighted by molar-refractivity contribution is 7.09. The number of aromatic nitrogens is 1. The number of carbonyl (C=O) groups is 1. The second kappa shape index (κ2) is 9.79. The van der Waals surface area contributed by atoms with Gasteiger partial charge in [-0.2, -0.15) is 0 Å². The molecule has 2 heterocycles. The number of hydrogen-bond acceptors (Lipinski definition) is 5. The van der Waals surface area contributed by atoms with Crippen molar-refractivity contribution in [3.8, 4) is 0 Å². The molecule has 2 rings (SSSR count). The standard InChI is InChI=1S/C15H26N4OS.2ClH/c1-11-5-4-6-19(8-11)15(2,3)10-17-14(20)12-9-21-13(7-16)18-12;;/h9,11H,4-8,10,16H2,1-3H3,(H,17,20);2*1H. The average Bonchev–Trinajstić information content (AvgIpc) is 2.94. The van der Waals surface area contributed by atoms with Crippen molar-refractivity contribution >= 4 is 42.1 Å². The first kappa shape index (κ1) is 22.6. The summed E-state index contributed by atoms with van der Waals surface area (Å²) in [6.07, 6.45) is 2.55. The smallest absolute Gasteiger partial charge is 0.270 e. The van der Waals surface area contributed by atoms with Crippen molar-refractivity contribution in [3.63, 3.8) is 0 Å². The minimum Gasteiger partial charge on any atom is -0.349 e. The van der Waals surface area contributed by atoms with Gasteiger partial charge in [-0.15, -0.1) is 36.2 Å². The number of amides is 1. The number of piperidine rings is 1. The number of nitrogens with two attached hydrogens (primary N) is 1. The molecular formula is C15H28Cl2N4OS. The van der Waals surface area contributed by atoms with Gasteiger partial charge in [0, 0.05) is 30.6 Å². The summed E-state index contributed by atoms with van der Waals surface area (Å²) in [6, 6.07) is 0. The number of nitrogens with zero attached hydrogens (tertiary/aromatic N) is 2. The Labute approximate surface area is 155 Å². The molecule has 0 spiro atoms. The van der Waals surface area contributed by atoms with Gasteiger partial charge in [0.05, 0.1) is 0 Å². The molecule has 1 saturated heterocycles. The van der Waals surface area contributed by atoms with Crippen molar-refractivity contribution < 1.29 is 4.79 Å². The molecule has 134 valence electrons. The number of rotatable bonds is 5. The highest BCUT2D eigenvalue weighted by atomic mass is 35.5. The summed E-state index contributed by atoms with van der Waals surface area (Å²) >= 11 is 1.43. The molecule has 1 aromatic heterocycles. The van der Waals surface area contributed by atoms with Crippen LogP contribution < -0.4 is 11.1 Å². The summed E-state index contributed by atoms with van der Waals surface area (Å²) < 4.78 is 0. The zero-order valence-electron chi connectivity index (χ0n) is 14.0. The number of nitrogens with one attached hydrogen (secondary N) is 1. The molecule has 1 amide bonds. The summed E-state index contributed by atoms with van der Waals surface area (Å²) in [5, 5.41) is 5.58. The van der Waals surface area contributed by atoms with Crippen molar-refractivity contribution in [2.75, 3.05) is 19.6 Å². The molecule has 0 aromatic carbocycles. The van der Waals surface area contributed by atoms with E-state index in [1.807, 2.05) is 0 Å². The lowest BCUT2D eigenvalue weighted by molar-refractivity contribution is 0.0656. The second-order valence-electron chi connectivity index (χ2n) is 6.52. The Hall–Kier alpha value is -0.400. The van der Waals surface area contributed by atoms with E-state index in [0.29, 0.717) is 18.8 Å². The zero-order valence-corrected chi connectivity index (χ0v) is 16.5. The number of likely N-dealkylation sites (tertiary alicyclic amines) is 1. The molecule has 0 saturated carbocycles. The highest BCUT2D eigenvalue weighted by Gasteiger charge is 2.30. The second-order valence-corrected chi connectivity index (χ2v) is 7.46. The fraction of sp³-hybridized carbons (Fsp3) is 0.733. The van der Waals surface area contributed by atoms with Crippen LogP contribution in [0.25, 0.3) is 0 Å². The topological polar surface area (TPSA) is 71.2 Å². The molecule has 1 aliphatic heterocycles. The summed E-state index contributed by atoms with van der Waals surface area (Å²) in [5.41, 5.74) is 5.97. The summed E-state index contributed by atoms with van der Waals surface area (Å²) in [7, 11) is 0. The van der Waals surface area contributed by atoms with Gasteiger partial charge in [0.25, 0.3) is 5.91 Å². The van der Waals surface area contributed by atoms with Gasteiger partial charge in [-0.25, -0.2) is 4.98 Å². The molecule has 0 bridgehead atoms. The summed E-state index contributed by atoms with van der Waals surface area (Å²) in [4.78, 5) is 18.8. The van der Waals surface area contributed by atoms with E-state index in [1.165, 1.54) is 24.2 Å². The lowest BCUT2D eigenvalue weighted by atomic mass is 9.93. The van der Waals surface area contributed by atoms with Gasteiger partial charge in [-0.1, -0.05) is 6.92 Å². The van der Waals surface area contributed by atoms with Crippen LogP contribution in [-0.2, 0) is 6.54 Å². The van der Waals surface area contributed by atoms with Gasteiger partial charge in [0.2, 0.25) is 0 Å². The van der Waals surface area contributed by atoms with E-state index in [-0.39, 0.29) is 36.3 Å². The van der Waals surface area contributed by atoms with E-state index in [9.17, 15) is 4.79 Å². The van der Waals surface area contributed by atoms with E-state index in [4.69, 9.17) is 5.73 Å². The predicted octanol–water partition coefficient (Wildman–Crippen LogP) is 2.69. The molecule has 3 N–H and O–H groups in total. The Morgan fingerprint density at radius 2 is 2.22 bits per heavy atom. The molecule has 1 aromatic rings. The van der Waals surface area contributed by atoms with Crippen LogP contribution in [0.3, 0.4) is 0 Å². The van der Waals surface area contributed by atoms with Crippen LogP contribution in [0, 0.1) is 5.92 Å². The van der Waals surface area contributed by atoms with Crippen LogP contribution in [0.4, 0.5) is 0 Å². The Kier molecular flexibility index (Phi) is 9.62. The normalized spacial score (nSPS) is 18.7. The molecule has 8 heteroatoms. The number of carbonyl (C=O) groups excluding carboxylic acids is 1. The lowest BCUT2D eigenvalue weighted by Gasteiger charge is -2.43. The van der Waals surface area contributed by atoms with Crippen LogP contribution >= 0.6 is 36.2 Å². The fourth-order valence-electron chi connectivity index (χ4n) is 2.75. The predicted molar refractivity (Wildman–Crippen MR) is 101 cm³/mol. The van der Waals surface area contributed by atoms with Gasteiger partial charge in [0.1, 0.15) is 10.7 Å². The highest BCUT2D eigenvalue weighted by Crippen LogP contribution is 2.23. The van der Waals surface area contributed by atoms with Crippen molar-refractivity contribution in [1.29, 1.82) is 0 Å². The molecule has 5 nitrogen and oxygen atoms in total. The van der Waals surface area contributed by atoms with E-state index >= 15 is 0 Å². The van der Waals surface area contributed by atoms with Crippen LogP contribution in [0.15, 0.2) is 5.38 Å². The molecular weight excluding hydrogens is 355 g/mol. The van der Waals surface area contributed by atoms with E-state index in [0.717, 1.165) is 24.0 Å². The molecule has 23 heavy (non-hydrogen) atoms. The van der Waals surface area contributed by atoms with E-state index in [2.05, 4.69) is 36.0 Å².